The van der Waals surface area contributed by atoms with Gasteiger partial charge in [-0.1, -0.05) is 38.1 Å². The number of hydrogen-bond donors (Lipinski definition) is 2. The number of nitrogens with one attached hydrogen (secondary N) is 1. The normalized spacial score (nSPS) is 11.1. The Hall–Kier alpha value is -3.06. The van der Waals surface area contributed by atoms with Gasteiger partial charge < -0.3 is 10.4 Å². The zero-order valence-corrected chi connectivity index (χ0v) is 13.1. The Balaban J connectivity index is 2.16. The standard InChI is InChI=1S/C19H18N2O2/c1-13(2)15-5-3-14(4-6-15)11-16(12-20)19(23)21-17-7-9-18(22)10-8-17/h3-11,13,22H,1-2H3,(H,21,23)/b16-11-. The summed E-state index contributed by atoms with van der Waals surface area (Å²) < 4.78 is 0. The second kappa shape index (κ2) is 7.28. The molecule has 116 valence electrons. The lowest BCUT2D eigenvalue weighted by molar-refractivity contribution is -0.112. The van der Waals surface area contributed by atoms with E-state index in [1.165, 1.54) is 17.7 Å². The van der Waals surface area contributed by atoms with Gasteiger partial charge in [0.2, 0.25) is 0 Å². The maximum Gasteiger partial charge on any atom is 0.266 e. The van der Waals surface area contributed by atoms with Crippen LogP contribution in [0.1, 0.15) is 30.9 Å². The molecule has 0 radical (unpaired) electrons. The van der Waals surface area contributed by atoms with Gasteiger partial charge in [-0.15, -0.1) is 0 Å². The quantitative estimate of drug-likeness (QED) is 0.508. The summed E-state index contributed by atoms with van der Waals surface area (Å²) in [6.07, 6.45) is 1.56. The monoisotopic (exact) mass is 306 g/mol. The molecule has 0 aliphatic rings. The first-order valence-electron chi connectivity index (χ1n) is 7.31. The van der Waals surface area contributed by atoms with E-state index in [2.05, 4.69) is 19.2 Å². The maximum atomic E-state index is 12.1. The van der Waals surface area contributed by atoms with Crippen LogP contribution in [0, 0.1) is 11.3 Å². The Bertz CT molecular complexity index is 751. The maximum absolute atomic E-state index is 12.1. The number of benzene rings is 2. The smallest absolute Gasteiger partial charge is 0.266 e. The summed E-state index contributed by atoms with van der Waals surface area (Å²) >= 11 is 0. The molecule has 0 unspecified atom stereocenters. The SMILES string of the molecule is CC(C)c1ccc(/C=C(/C#N)C(=O)Nc2ccc(O)cc2)cc1. The number of amides is 1. The molecule has 2 aromatic carbocycles. The molecule has 0 fully saturated rings. The molecule has 2 rings (SSSR count). The minimum absolute atomic E-state index is 0.0235. The number of aromatic hydroxyl groups is 1. The average molecular weight is 306 g/mol. The largest absolute Gasteiger partial charge is 0.508 e. The molecule has 0 atom stereocenters. The third-order valence-corrected chi connectivity index (χ3v) is 3.40. The van der Waals surface area contributed by atoms with Crippen LogP contribution in [-0.4, -0.2) is 11.0 Å². The summed E-state index contributed by atoms with van der Waals surface area (Å²) in [6.45, 7) is 4.22. The van der Waals surface area contributed by atoms with E-state index in [4.69, 9.17) is 0 Å². The highest BCUT2D eigenvalue weighted by Gasteiger charge is 2.09. The van der Waals surface area contributed by atoms with E-state index in [1.807, 2.05) is 30.3 Å². The van der Waals surface area contributed by atoms with Gasteiger partial charge in [0.05, 0.1) is 0 Å². The lowest BCUT2D eigenvalue weighted by atomic mass is 10.0. The van der Waals surface area contributed by atoms with Crippen molar-refractivity contribution >= 4 is 17.7 Å². The van der Waals surface area contributed by atoms with Crippen molar-refractivity contribution in [2.75, 3.05) is 5.32 Å². The summed E-state index contributed by atoms with van der Waals surface area (Å²) in [5.74, 6) is 0.0664. The van der Waals surface area contributed by atoms with Crippen molar-refractivity contribution in [2.45, 2.75) is 19.8 Å². The van der Waals surface area contributed by atoms with E-state index in [0.717, 1.165) is 5.56 Å². The predicted octanol–water partition coefficient (Wildman–Crippen LogP) is 4.06. The molecule has 0 spiro atoms. The fourth-order valence-corrected chi connectivity index (χ4v) is 2.04. The molecule has 1 amide bonds. The molecule has 4 heteroatoms. The molecular formula is C19H18N2O2. The first-order chi connectivity index (χ1) is 11.0. The topological polar surface area (TPSA) is 73.1 Å². The number of nitrogens with zero attached hydrogens (tertiary/aromatic N) is 1. The highest BCUT2D eigenvalue weighted by Crippen LogP contribution is 2.17. The summed E-state index contributed by atoms with van der Waals surface area (Å²) in [6, 6.07) is 15.8. The number of rotatable bonds is 4. The van der Waals surface area contributed by atoms with Gasteiger partial charge in [-0.3, -0.25) is 4.79 Å². The van der Waals surface area contributed by atoms with Crippen LogP contribution in [0.4, 0.5) is 5.69 Å². The van der Waals surface area contributed by atoms with E-state index in [1.54, 1.807) is 18.2 Å². The van der Waals surface area contributed by atoms with Crippen LogP contribution >= 0.6 is 0 Å². The highest BCUT2D eigenvalue weighted by molar-refractivity contribution is 6.09. The first-order valence-corrected chi connectivity index (χ1v) is 7.31. The third-order valence-electron chi connectivity index (χ3n) is 3.40. The lowest BCUT2D eigenvalue weighted by Gasteiger charge is -2.06. The molecule has 0 bridgehead atoms. The van der Waals surface area contributed by atoms with Gasteiger partial charge in [-0.2, -0.15) is 5.26 Å². The Kier molecular flexibility index (Phi) is 5.16. The lowest BCUT2D eigenvalue weighted by Crippen LogP contribution is -2.13. The number of carbonyl (C=O) groups excluding carboxylic acids is 1. The molecule has 0 heterocycles. The number of phenols is 1. The van der Waals surface area contributed by atoms with Crippen LogP contribution < -0.4 is 5.32 Å². The van der Waals surface area contributed by atoms with Crippen LogP contribution in [0.3, 0.4) is 0 Å². The van der Waals surface area contributed by atoms with Crippen LogP contribution in [0.5, 0.6) is 5.75 Å². The van der Waals surface area contributed by atoms with Gasteiger partial charge in [0.1, 0.15) is 17.4 Å². The second-order valence-corrected chi connectivity index (χ2v) is 5.49. The van der Waals surface area contributed by atoms with E-state index >= 15 is 0 Å². The van der Waals surface area contributed by atoms with Gasteiger partial charge in [-0.25, -0.2) is 0 Å². The van der Waals surface area contributed by atoms with Gasteiger partial charge in [0.25, 0.3) is 5.91 Å². The summed E-state index contributed by atoms with van der Waals surface area (Å²) in [5, 5.41) is 21.1. The van der Waals surface area contributed by atoms with E-state index < -0.39 is 5.91 Å². The Morgan fingerprint density at radius 1 is 1.13 bits per heavy atom. The van der Waals surface area contributed by atoms with E-state index in [-0.39, 0.29) is 11.3 Å². The van der Waals surface area contributed by atoms with Gasteiger partial charge in [0.15, 0.2) is 0 Å². The molecule has 0 aliphatic carbocycles. The molecule has 0 saturated heterocycles. The third kappa shape index (κ3) is 4.45. The Morgan fingerprint density at radius 2 is 1.74 bits per heavy atom. The molecule has 0 aromatic heterocycles. The molecular weight excluding hydrogens is 288 g/mol. The van der Waals surface area contributed by atoms with Crippen LogP contribution in [0.2, 0.25) is 0 Å². The zero-order valence-electron chi connectivity index (χ0n) is 13.1. The first kappa shape index (κ1) is 16.3. The van der Waals surface area contributed by atoms with Crippen molar-refractivity contribution in [3.8, 4) is 11.8 Å². The van der Waals surface area contributed by atoms with Crippen molar-refractivity contribution in [3.63, 3.8) is 0 Å². The molecule has 2 N–H and O–H groups in total. The highest BCUT2D eigenvalue weighted by atomic mass is 16.3. The van der Waals surface area contributed by atoms with E-state index in [9.17, 15) is 15.2 Å². The number of carbonyl (C=O) groups is 1. The van der Waals surface area contributed by atoms with Crippen molar-refractivity contribution in [3.05, 3.63) is 65.2 Å². The van der Waals surface area contributed by atoms with Gasteiger partial charge in [0, 0.05) is 5.69 Å². The zero-order chi connectivity index (χ0) is 16.8. The number of nitriles is 1. The van der Waals surface area contributed by atoms with Crippen molar-refractivity contribution in [2.24, 2.45) is 0 Å². The summed E-state index contributed by atoms with van der Waals surface area (Å²) in [5.41, 5.74) is 2.54. The average Bonchev–Trinajstić information content (AvgIpc) is 2.55. The number of hydrogen-bond acceptors (Lipinski definition) is 3. The van der Waals surface area contributed by atoms with Crippen LogP contribution in [0.25, 0.3) is 6.08 Å². The minimum Gasteiger partial charge on any atom is -0.508 e. The second-order valence-electron chi connectivity index (χ2n) is 5.49. The fourth-order valence-electron chi connectivity index (χ4n) is 2.04. The summed E-state index contributed by atoms with van der Waals surface area (Å²) in [4.78, 5) is 12.1. The molecule has 0 aliphatic heterocycles. The van der Waals surface area contributed by atoms with Crippen LogP contribution in [0.15, 0.2) is 54.1 Å². The van der Waals surface area contributed by atoms with Crippen LogP contribution in [-0.2, 0) is 4.79 Å². The molecule has 4 nitrogen and oxygen atoms in total. The predicted molar refractivity (Wildman–Crippen MR) is 90.9 cm³/mol. The summed E-state index contributed by atoms with van der Waals surface area (Å²) in [7, 11) is 0. The van der Waals surface area contributed by atoms with Gasteiger partial charge >= 0.3 is 0 Å². The molecule has 23 heavy (non-hydrogen) atoms. The van der Waals surface area contributed by atoms with E-state index in [0.29, 0.717) is 11.6 Å². The molecule has 0 saturated carbocycles. The van der Waals surface area contributed by atoms with Crippen molar-refractivity contribution in [1.29, 1.82) is 5.26 Å². The minimum atomic E-state index is -0.480. The van der Waals surface area contributed by atoms with Crippen molar-refractivity contribution < 1.29 is 9.90 Å². The van der Waals surface area contributed by atoms with Crippen molar-refractivity contribution in [1.82, 2.24) is 0 Å². The Labute approximate surface area is 135 Å². The number of phenolic OH excluding ortho intramolecular Hbond substituents is 1. The molecule has 2 aromatic rings. The fraction of sp³-hybridized carbons (Fsp3) is 0.158. The van der Waals surface area contributed by atoms with Gasteiger partial charge in [-0.05, 0) is 47.4 Å². The Morgan fingerprint density at radius 3 is 2.26 bits per heavy atom. The number of anilines is 1.